The van der Waals surface area contributed by atoms with Gasteiger partial charge in [0.1, 0.15) is 0 Å². The number of allylic oxidation sites excluding steroid dienone is 14. The molecular weight excluding hydrogens is 2950 g/mol. The Bertz CT molecular complexity index is 7910. The quantitative estimate of drug-likeness (QED) is 0.106. The summed E-state index contributed by atoms with van der Waals surface area (Å²) in [4.78, 5) is 39.3. The van der Waals surface area contributed by atoms with E-state index in [-0.39, 0.29) is 138 Å². The molecule has 0 bridgehead atoms. The van der Waals surface area contributed by atoms with Crippen molar-refractivity contribution in [3.05, 3.63) is 533 Å². The van der Waals surface area contributed by atoms with Crippen LogP contribution in [0.15, 0.2) is 458 Å². The predicted molar refractivity (Wildman–Crippen MR) is 599 cm³/mol. The molecule has 752 valence electrons. The van der Waals surface area contributed by atoms with E-state index in [4.69, 9.17) is 4.99 Å². The summed E-state index contributed by atoms with van der Waals surface area (Å²) in [6.07, 6.45) is 28.1. The van der Waals surface area contributed by atoms with Crippen LogP contribution in [-0.2, 0) is 126 Å². The SMILES string of the molecule is CC1=C2C=CCN=C2C2=C1C(C)(C)c1ccc[c-]c12.CN=C(C)c1c(F)ccc2ccc[c-]c12.CN=C(C)c1cccc2c(Br)cc[c-]c12.CN=C(C)c1cccc2ccc[c-]c12.CN=C(c1c(C)ccc2ccc[c-]c12)C1C=CC=C1.[Ir].[Ir].[Ir].[Ir].[Ir].[Ir].[c-]1ccc2ccccc2c1C1=CCC=C2C=CCN=C21.[c-]1ccccc1-c1ccccn1.[c-]1ccccc1-c1ccccn1.[c-]1ccccc1-c1nccc2ccccc12. The second-order valence-electron chi connectivity index (χ2n) is 34.4. The fraction of sp³-hybridized carbons (Fsp3) is 0.122. The Labute approximate surface area is 959 Å². The van der Waals surface area contributed by atoms with E-state index in [0.29, 0.717) is 11.3 Å². The summed E-state index contributed by atoms with van der Waals surface area (Å²) in [6.45, 7) is 16.4. The summed E-state index contributed by atoms with van der Waals surface area (Å²) in [5.74, 6) is 0.0379. The van der Waals surface area contributed by atoms with Gasteiger partial charge in [-0.3, -0.25) is 9.98 Å². The van der Waals surface area contributed by atoms with Crippen LogP contribution in [0.25, 0.3) is 110 Å². The van der Waals surface area contributed by atoms with E-state index in [1.807, 2.05) is 235 Å². The number of aromatic nitrogens is 3. The molecule has 0 saturated heterocycles. The number of benzene rings is 15. The Balaban J connectivity index is 0.000000170. The van der Waals surface area contributed by atoms with Gasteiger partial charge >= 0.3 is 0 Å². The van der Waals surface area contributed by atoms with Gasteiger partial charge < -0.3 is 34.9 Å². The van der Waals surface area contributed by atoms with Crippen molar-refractivity contribution in [3.8, 4) is 33.8 Å². The molecule has 6 radical (unpaired) electrons. The second kappa shape index (κ2) is 57.9. The Morgan fingerprint density at radius 3 is 1.48 bits per heavy atom. The Hall–Kier alpha value is -12.4. The Morgan fingerprint density at radius 1 is 0.392 bits per heavy atom. The molecule has 5 heterocycles. The average molecular weight is 3060 g/mol. The third kappa shape index (κ3) is 28.2. The molecule has 15 aromatic carbocycles. The van der Waals surface area contributed by atoms with Crippen LogP contribution in [0.1, 0.15) is 92.5 Å². The van der Waals surface area contributed by atoms with Crippen molar-refractivity contribution in [1.29, 1.82) is 0 Å². The number of nitrogens with zero attached hydrogens (tertiary/aromatic N) is 9. The zero-order valence-electron chi connectivity index (χ0n) is 83.6. The number of fused-ring (bicyclic) bond motifs is 11. The molecule has 3 aromatic heterocycles. The molecular formula is C131H106BrFIr6N9-9. The summed E-state index contributed by atoms with van der Waals surface area (Å²) in [7, 11) is 7.16. The third-order valence-corrected chi connectivity index (χ3v) is 26.0. The number of aliphatic imine (C=N–C) groups is 6. The molecule has 0 atom stereocenters. The Morgan fingerprint density at radius 2 is 0.878 bits per heavy atom. The fourth-order valence-electron chi connectivity index (χ4n) is 18.2. The van der Waals surface area contributed by atoms with Crippen molar-refractivity contribution in [2.75, 3.05) is 41.3 Å². The maximum absolute atomic E-state index is 13.7. The number of rotatable bonds is 9. The maximum Gasteiger partial charge on any atom is 0.0903 e. The summed E-state index contributed by atoms with van der Waals surface area (Å²) in [6, 6.07) is 136. The summed E-state index contributed by atoms with van der Waals surface area (Å²) in [5.41, 5.74) is 29.4. The average Bonchev–Trinajstić information content (AvgIpc) is 1.54. The van der Waals surface area contributed by atoms with Gasteiger partial charge in [-0.25, -0.2) is 4.39 Å². The molecule has 0 saturated carbocycles. The molecule has 18 aromatic rings. The molecule has 2 aliphatic heterocycles. The van der Waals surface area contributed by atoms with Crippen LogP contribution in [0, 0.1) is 73.3 Å². The predicted octanol–water partition coefficient (Wildman–Crippen LogP) is 31.3. The molecule has 24 rings (SSSR count). The number of dihydropyridines is 2. The van der Waals surface area contributed by atoms with Crippen LogP contribution in [0.3, 0.4) is 0 Å². The minimum absolute atomic E-state index is 0. The van der Waals surface area contributed by atoms with Gasteiger partial charge in [0.2, 0.25) is 0 Å². The van der Waals surface area contributed by atoms with Crippen molar-refractivity contribution < 1.29 is 125 Å². The van der Waals surface area contributed by atoms with Crippen LogP contribution in [0.2, 0.25) is 0 Å². The molecule has 9 nitrogen and oxygen atoms in total. The smallest absolute Gasteiger partial charge is 0.0903 e. The van der Waals surface area contributed by atoms with Gasteiger partial charge in [0.15, 0.2) is 0 Å². The van der Waals surface area contributed by atoms with E-state index < -0.39 is 0 Å². The Kier molecular flexibility index (Phi) is 46.0. The van der Waals surface area contributed by atoms with Gasteiger partial charge in [-0.15, -0.1) is 312 Å². The zero-order valence-corrected chi connectivity index (χ0v) is 99.5. The molecule has 148 heavy (non-hydrogen) atoms. The van der Waals surface area contributed by atoms with Crippen LogP contribution < -0.4 is 0 Å². The normalized spacial score (nSPS) is 13.5. The van der Waals surface area contributed by atoms with E-state index in [2.05, 4.69) is 308 Å². The van der Waals surface area contributed by atoms with Gasteiger partial charge in [-0.1, -0.05) is 261 Å². The summed E-state index contributed by atoms with van der Waals surface area (Å²) >= 11 is 3.54. The van der Waals surface area contributed by atoms with Gasteiger partial charge in [-0.05, 0) is 132 Å². The van der Waals surface area contributed by atoms with Crippen LogP contribution in [0.5, 0.6) is 0 Å². The van der Waals surface area contributed by atoms with E-state index in [9.17, 15) is 4.39 Å². The molecule has 6 aliphatic rings. The molecule has 17 heteroatoms. The van der Waals surface area contributed by atoms with E-state index in [1.54, 1.807) is 38.5 Å². The van der Waals surface area contributed by atoms with E-state index in [1.165, 1.54) is 116 Å². The molecule has 0 spiro atoms. The van der Waals surface area contributed by atoms with E-state index >= 15 is 0 Å². The zero-order chi connectivity index (χ0) is 98.7. The number of hydrogen-bond acceptors (Lipinski definition) is 9. The fourth-order valence-corrected chi connectivity index (χ4v) is 18.7. The van der Waals surface area contributed by atoms with Crippen molar-refractivity contribution in [3.63, 3.8) is 0 Å². The first-order valence-electron chi connectivity index (χ1n) is 47.4. The largest absolute Gasteiger partial charge is 0.305 e. The van der Waals surface area contributed by atoms with Gasteiger partial charge in [0.25, 0.3) is 0 Å². The van der Waals surface area contributed by atoms with Crippen molar-refractivity contribution in [2.24, 2.45) is 35.9 Å². The van der Waals surface area contributed by atoms with Crippen molar-refractivity contribution >= 4 is 126 Å². The molecule has 0 amide bonds. The van der Waals surface area contributed by atoms with Crippen LogP contribution >= 0.6 is 15.9 Å². The van der Waals surface area contributed by atoms with Crippen LogP contribution in [-0.4, -0.2) is 90.5 Å². The molecule has 0 fully saturated rings. The number of pyridine rings is 3. The number of aryl methyl sites for hydroxylation is 1. The summed E-state index contributed by atoms with van der Waals surface area (Å²) < 4.78 is 14.8. The molecule has 4 aliphatic carbocycles. The summed E-state index contributed by atoms with van der Waals surface area (Å²) in [5, 5.41) is 13.7. The van der Waals surface area contributed by atoms with Crippen molar-refractivity contribution in [2.45, 2.75) is 60.3 Å². The topological polar surface area (TPSA) is 113 Å². The monoisotopic (exact) mass is 3060 g/mol. The molecule has 0 N–H and O–H groups in total. The maximum atomic E-state index is 13.7. The first-order valence-corrected chi connectivity index (χ1v) is 48.2. The van der Waals surface area contributed by atoms with Crippen LogP contribution in [0.4, 0.5) is 4.39 Å². The van der Waals surface area contributed by atoms with Crippen molar-refractivity contribution in [1.82, 2.24) is 15.0 Å². The van der Waals surface area contributed by atoms with Gasteiger partial charge in [0.05, 0.1) is 18.9 Å². The number of halogens is 2. The van der Waals surface area contributed by atoms with Gasteiger partial charge in [0, 0.05) is 196 Å². The first-order chi connectivity index (χ1) is 69.5. The van der Waals surface area contributed by atoms with Gasteiger partial charge in [-0.2, -0.15) is 0 Å². The standard InChI is InChI=1S/C19H14N.2C18H16N.C15H10N.C13H11BrN.C13H11FN.C13H12N.2C11H8N.6Ir/c1-2-10-16-14(6-1)7-3-11-17(16)18-12-4-8-15-9-5-13-20-19(15)18;1-11-12-8-6-10-19-17(12)15-13-7-4-5-9-14(13)18(2,3)16(11)15;1-13-11-12-14-7-5-6-10-16(14)17(13)18(19-2)15-8-3-4-9-15;1-2-7-13(8-3-1)15-14-9-5-4-6-12(14)10-11-16-15;1-9(15-2)10-5-3-7-12-11(10)6-4-8-13(12)14;1-9(15-2)13-11-6-4-3-5-10(11)7-8-12(13)14;1-10(14-2)12-9-5-7-11-6-3-4-8-13(11)12;2*1-2-6-10(7-3-1)11-8-4-5-9-12-11;;;;;;/h1-3,5-10,12H,4,13H2;4-6,8-9H,10H2,1-3H3;3-9,11-12,15H,1-2H3;1-7,9-11H;2*3-5,7-8H,1-2H3;3-7,9H,1-2H3;2*1-6,8-9H;;;;;;/q9*-1;;;;;;. The van der Waals surface area contributed by atoms with E-state index in [0.717, 1.165) is 113 Å². The minimum Gasteiger partial charge on any atom is -0.305 e. The second-order valence-corrected chi connectivity index (χ2v) is 35.3. The molecule has 0 unspecified atom stereocenters. The number of hydrogen-bond donors (Lipinski definition) is 0. The minimum atomic E-state index is -0.243. The third-order valence-electron chi connectivity index (χ3n) is 25.3. The first kappa shape index (κ1) is 117.